The molecule has 236 valence electrons. The molecule has 4 rings (SSSR count). The van der Waals surface area contributed by atoms with Crippen LogP contribution in [0.15, 0.2) is 72.8 Å². The van der Waals surface area contributed by atoms with Gasteiger partial charge in [0.25, 0.3) is 0 Å². The van der Waals surface area contributed by atoms with Gasteiger partial charge in [-0.15, -0.1) is 0 Å². The zero-order valence-electron chi connectivity index (χ0n) is 25.7. The Kier molecular flexibility index (Phi) is 11.1. The van der Waals surface area contributed by atoms with Gasteiger partial charge in [0.15, 0.2) is 0 Å². The lowest BCUT2D eigenvalue weighted by atomic mass is 10.0. The smallest absolute Gasteiger partial charge is 0.244 e. The second-order valence-electron chi connectivity index (χ2n) is 10.9. The Morgan fingerprint density at radius 2 is 1.52 bits per heavy atom. The second-order valence-corrected chi connectivity index (χ2v) is 12.8. The minimum Gasteiger partial charge on any atom is -0.497 e. The lowest BCUT2D eigenvalue weighted by molar-refractivity contribution is -0.140. The monoisotopic (exact) mass is 623 g/mol. The largest absolute Gasteiger partial charge is 0.497 e. The zero-order chi connectivity index (χ0) is 31.7. The van der Waals surface area contributed by atoms with Gasteiger partial charge < -0.3 is 24.4 Å². The fourth-order valence-electron chi connectivity index (χ4n) is 5.47. The average molecular weight is 624 g/mol. The molecular formula is C33H41N3O7S. The second kappa shape index (κ2) is 15.0. The molecule has 1 saturated carbocycles. The zero-order valence-corrected chi connectivity index (χ0v) is 26.5. The van der Waals surface area contributed by atoms with Gasteiger partial charge >= 0.3 is 0 Å². The molecule has 0 saturated heterocycles. The predicted molar refractivity (Wildman–Crippen MR) is 170 cm³/mol. The molecule has 3 aromatic carbocycles. The number of sulfonamides is 1. The van der Waals surface area contributed by atoms with Crippen LogP contribution in [0.25, 0.3) is 0 Å². The van der Waals surface area contributed by atoms with Crippen LogP contribution >= 0.6 is 0 Å². The van der Waals surface area contributed by atoms with Crippen molar-refractivity contribution in [1.29, 1.82) is 0 Å². The van der Waals surface area contributed by atoms with E-state index in [-0.39, 0.29) is 36.4 Å². The number of carbonyl (C=O) groups is 2. The van der Waals surface area contributed by atoms with E-state index in [2.05, 4.69) is 5.32 Å². The summed E-state index contributed by atoms with van der Waals surface area (Å²) in [4.78, 5) is 29.8. The molecule has 44 heavy (non-hydrogen) atoms. The van der Waals surface area contributed by atoms with Crippen molar-refractivity contribution >= 4 is 27.5 Å². The summed E-state index contributed by atoms with van der Waals surface area (Å²) >= 11 is 0. The number of methoxy groups -OCH3 is 3. The van der Waals surface area contributed by atoms with Crippen LogP contribution in [0, 0.1) is 0 Å². The maximum atomic E-state index is 14.4. The molecule has 0 bridgehead atoms. The SMILES string of the molecule is COc1cccc(CN(C(=O)CN(c2ccc(OC)cc2OC)S(C)(=O)=O)C(Cc2ccccc2)C(=O)NC2CCCC2)c1. The number of nitrogens with zero attached hydrogens (tertiary/aromatic N) is 2. The maximum absolute atomic E-state index is 14.4. The van der Waals surface area contributed by atoms with Gasteiger partial charge in [0.1, 0.15) is 29.8 Å². The van der Waals surface area contributed by atoms with Crippen LogP contribution in [-0.4, -0.2) is 71.3 Å². The Balaban J connectivity index is 1.76. The van der Waals surface area contributed by atoms with E-state index in [9.17, 15) is 18.0 Å². The first-order valence-electron chi connectivity index (χ1n) is 14.6. The standard InChI is InChI=1S/C33H41N3O7S/c1-41-27-16-10-13-25(19-27)22-35(30(20-24-11-6-5-7-12-24)33(38)34-26-14-8-9-15-26)32(37)23-36(44(4,39)40)29-18-17-28(42-2)21-31(29)43-3/h5-7,10-13,16-19,21,26,30H,8-9,14-15,20,22-23H2,1-4H3,(H,34,38). The van der Waals surface area contributed by atoms with Gasteiger partial charge in [-0.1, -0.05) is 55.3 Å². The minimum absolute atomic E-state index is 0.0330. The Morgan fingerprint density at radius 3 is 2.16 bits per heavy atom. The van der Waals surface area contributed by atoms with Gasteiger partial charge in [-0.3, -0.25) is 13.9 Å². The first kappa shape index (κ1) is 32.7. The number of ether oxygens (including phenoxy) is 3. The van der Waals surface area contributed by atoms with E-state index in [0.717, 1.165) is 47.4 Å². The third-order valence-electron chi connectivity index (χ3n) is 7.79. The summed E-state index contributed by atoms with van der Waals surface area (Å²) in [5.41, 5.74) is 1.79. The van der Waals surface area contributed by atoms with Gasteiger partial charge in [-0.05, 0) is 48.2 Å². The Bertz CT molecular complexity index is 1530. The number of hydrogen-bond donors (Lipinski definition) is 1. The summed E-state index contributed by atoms with van der Waals surface area (Å²) in [6.45, 7) is -0.490. The molecule has 1 N–H and O–H groups in total. The maximum Gasteiger partial charge on any atom is 0.244 e. The predicted octanol–water partition coefficient (Wildman–Crippen LogP) is 4.18. The number of carbonyl (C=O) groups excluding carboxylic acids is 2. The average Bonchev–Trinajstić information content (AvgIpc) is 3.54. The van der Waals surface area contributed by atoms with Crippen molar-refractivity contribution in [2.75, 3.05) is 38.4 Å². The Morgan fingerprint density at radius 1 is 0.864 bits per heavy atom. The number of benzene rings is 3. The number of anilines is 1. The first-order chi connectivity index (χ1) is 21.1. The summed E-state index contributed by atoms with van der Waals surface area (Å²) < 4.78 is 43.5. The van der Waals surface area contributed by atoms with E-state index in [1.54, 1.807) is 31.4 Å². The van der Waals surface area contributed by atoms with Crippen LogP contribution in [0.2, 0.25) is 0 Å². The van der Waals surface area contributed by atoms with Gasteiger partial charge in [-0.25, -0.2) is 8.42 Å². The van der Waals surface area contributed by atoms with Crippen LogP contribution in [0.3, 0.4) is 0 Å². The molecule has 1 aliphatic rings. The number of hydrogen-bond acceptors (Lipinski definition) is 7. The van der Waals surface area contributed by atoms with Crippen molar-refractivity contribution in [2.45, 2.75) is 50.7 Å². The van der Waals surface area contributed by atoms with Crippen molar-refractivity contribution in [3.05, 3.63) is 83.9 Å². The Hall–Kier alpha value is -4.25. The van der Waals surface area contributed by atoms with Crippen LogP contribution in [0.4, 0.5) is 5.69 Å². The van der Waals surface area contributed by atoms with Crippen molar-refractivity contribution in [1.82, 2.24) is 10.2 Å². The molecule has 1 fully saturated rings. The first-order valence-corrected chi connectivity index (χ1v) is 16.4. The minimum atomic E-state index is -3.96. The molecule has 0 aromatic heterocycles. The quantitative estimate of drug-likeness (QED) is 0.287. The molecule has 10 nitrogen and oxygen atoms in total. The van der Waals surface area contributed by atoms with Crippen molar-refractivity contribution < 1.29 is 32.2 Å². The summed E-state index contributed by atoms with van der Waals surface area (Å²) in [6.07, 6.45) is 5.12. The molecule has 3 aromatic rings. The van der Waals surface area contributed by atoms with Crippen molar-refractivity contribution in [3.8, 4) is 17.2 Å². The van der Waals surface area contributed by atoms with Crippen molar-refractivity contribution in [2.24, 2.45) is 0 Å². The summed E-state index contributed by atoms with van der Waals surface area (Å²) in [6, 6.07) is 20.6. The molecule has 0 heterocycles. The highest BCUT2D eigenvalue weighted by Crippen LogP contribution is 2.34. The fourth-order valence-corrected chi connectivity index (χ4v) is 6.33. The molecular weight excluding hydrogens is 582 g/mol. The normalized spacial score (nSPS) is 14.0. The highest BCUT2D eigenvalue weighted by atomic mass is 32.2. The topological polar surface area (TPSA) is 114 Å². The summed E-state index contributed by atoms with van der Waals surface area (Å²) in [5.74, 6) is 0.479. The van der Waals surface area contributed by atoms with E-state index in [0.29, 0.717) is 11.5 Å². The number of nitrogens with one attached hydrogen (secondary N) is 1. The third kappa shape index (κ3) is 8.43. The van der Waals surface area contributed by atoms with Crippen LogP contribution < -0.4 is 23.8 Å². The molecule has 1 atom stereocenters. The van der Waals surface area contributed by atoms with E-state index in [1.165, 1.54) is 25.2 Å². The molecule has 0 aliphatic heterocycles. The summed E-state index contributed by atoms with van der Waals surface area (Å²) in [5, 5.41) is 3.17. The van der Waals surface area contributed by atoms with E-state index in [1.807, 2.05) is 42.5 Å². The molecule has 11 heteroatoms. The lowest BCUT2D eigenvalue weighted by Gasteiger charge is -2.34. The van der Waals surface area contributed by atoms with Crippen LogP contribution in [0.5, 0.6) is 17.2 Å². The van der Waals surface area contributed by atoms with E-state index < -0.39 is 28.5 Å². The lowest BCUT2D eigenvalue weighted by Crippen LogP contribution is -2.54. The Labute approximate surface area is 260 Å². The number of amides is 2. The highest BCUT2D eigenvalue weighted by molar-refractivity contribution is 7.92. The highest BCUT2D eigenvalue weighted by Gasteiger charge is 2.35. The molecule has 0 radical (unpaired) electrons. The molecule has 2 amide bonds. The third-order valence-corrected chi connectivity index (χ3v) is 8.92. The van der Waals surface area contributed by atoms with Gasteiger partial charge in [-0.2, -0.15) is 0 Å². The van der Waals surface area contributed by atoms with E-state index >= 15 is 0 Å². The van der Waals surface area contributed by atoms with Crippen LogP contribution in [0.1, 0.15) is 36.8 Å². The number of rotatable bonds is 14. The van der Waals surface area contributed by atoms with Crippen molar-refractivity contribution in [3.63, 3.8) is 0 Å². The van der Waals surface area contributed by atoms with Gasteiger partial charge in [0, 0.05) is 25.1 Å². The summed E-state index contributed by atoms with van der Waals surface area (Å²) in [7, 11) is 0.504. The molecule has 0 spiro atoms. The van der Waals surface area contributed by atoms with Crippen LogP contribution in [-0.2, 0) is 32.6 Å². The molecule has 1 aliphatic carbocycles. The molecule has 1 unspecified atom stereocenters. The van der Waals surface area contributed by atoms with Gasteiger partial charge in [0.05, 0.1) is 33.3 Å². The van der Waals surface area contributed by atoms with Gasteiger partial charge in [0.2, 0.25) is 21.8 Å². The van der Waals surface area contributed by atoms with E-state index in [4.69, 9.17) is 14.2 Å². The fraction of sp³-hybridized carbons (Fsp3) is 0.394.